The number of nitro groups is 1. The normalized spacial score (nSPS) is 10.0. The molecular formula is C15H13N3O4. The van der Waals surface area contributed by atoms with E-state index in [1.807, 2.05) is 25.1 Å². The number of hydrogen-bond donors (Lipinski definition) is 0. The van der Waals surface area contributed by atoms with Gasteiger partial charge in [-0.1, -0.05) is 18.2 Å². The number of benzene rings is 1. The molecule has 0 aliphatic carbocycles. The predicted octanol–water partition coefficient (Wildman–Crippen LogP) is 2.02. The zero-order valence-corrected chi connectivity index (χ0v) is 11.9. The minimum Gasteiger partial charge on any atom is -0.491 e. The van der Waals surface area contributed by atoms with Crippen LogP contribution in [0.25, 0.3) is 0 Å². The van der Waals surface area contributed by atoms with Crippen molar-refractivity contribution >= 4 is 5.69 Å². The third kappa shape index (κ3) is 3.30. The number of para-hydroxylation sites is 1. The van der Waals surface area contributed by atoms with Gasteiger partial charge in [0.05, 0.1) is 17.7 Å². The predicted molar refractivity (Wildman–Crippen MR) is 78.7 cm³/mol. The van der Waals surface area contributed by atoms with Gasteiger partial charge in [0.15, 0.2) is 0 Å². The summed E-state index contributed by atoms with van der Waals surface area (Å²) < 4.78 is 6.68. The molecule has 2 rings (SSSR count). The summed E-state index contributed by atoms with van der Waals surface area (Å²) in [5.41, 5.74) is -0.176. The Morgan fingerprint density at radius 3 is 2.77 bits per heavy atom. The largest absolute Gasteiger partial charge is 0.491 e. The Morgan fingerprint density at radius 2 is 2.14 bits per heavy atom. The van der Waals surface area contributed by atoms with Gasteiger partial charge in [0.1, 0.15) is 24.0 Å². The van der Waals surface area contributed by atoms with Crippen LogP contribution >= 0.6 is 0 Å². The van der Waals surface area contributed by atoms with Gasteiger partial charge in [-0.05, 0) is 18.6 Å². The Bertz CT molecular complexity index is 805. The first-order valence-electron chi connectivity index (χ1n) is 6.50. The van der Waals surface area contributed by atoms with Crippen LogP contribution in [0.4, 0.5) is 5.69 Å². The number of hydrogen-bond acceptors (Lipinski definition) is 5. The van der Waals surface area contributed by atoms with E-state index in [0.717, 1.165) is 22.4 Å². The topological polar surface area (TPSA) is 98.2 Å². The smallest absolute Gasteiger partial charge is 0.287 e. The molecular weight excluding hydrogens is 286 g/mol. The number of aryl methyl sites for hydroxylation is 1. The molecule has 0 atom stereocenters. The zero-order valence-electron chi connectivity index (χ0n) is 11.9. The van der Waals surface area contributed by atoms with Crippen molar-refractivity contribution in [1.29, 1.82) is 5.26 Å². The maximum Gasteiger partial charge on any atom is 0.287 e. The van der Waals surface area contributed by atoms with Crippen LogP contribution in [0.15, 0.2) is 41.3 Å². The van der Waals surface area contributed by atoms with Gasteiger partial charge < -0.3 is 9.30 Å². The van der Waals surface area contributed by atoms with Gasteiger partial charge in [-0.3, -0.25) is 14.9 Å². The number of nitriles is 1. The molecule has 1 aromatic carbocycles. The van der Waals surface area contributed by atoms with E-state index >= 15 is 0 Å². The lowest BCUT2D eigenvalue weighted by Gasteiger charge is -2.10. The van der Waals surface area contributed by atoms with Crippen LogP contribution in [0.3, 0.4) is 0 Å². The fourth-order valence-corrected chi connectivity index (χ4v) is 1.94. The molecule has 0 saturated heterocycles. The molecule has 0 unspecified atom stereocenters. The lowest BCUT2D eigenvalue weighted by molar-refractivity contribution is -0.385. The van der Waals surface area contributed by atoms with Gasteiger partial charge in [-0.25, -0.2) is 0 Å². The molecule has 22 heavy (non-hydrogen) atoms. The van der Waals surface area contributed by atoms with Crippen molar-refractivity contribution in [3.8, 4) is 11.8 Å². The Kier molecular flexibility index (Phi) is 4.53. The van der Waals surface area contributed by atoms with Crippen LogP contribution in [-0.2, 0) is 6.54 Å². The van der Waals surface area contributed by atoms with Crippen LogP contribution < -0.4 is 10.3 Å². The van der Waals surface area contributed by atoms with E-state index in [2.05, 4.69) is 0 Å². The maximum atomic E-state index is 11.9. The van der Waals surface area contributed by atoms with Crippen molar-refractivity contribution in [1.82, 2.24) is 4.57 Å². The molecule has 0 N–H and O–H groups in total. The molecule has 7 heteroatoms. The first kappa shape index (κ1) is 15.3. The van der Waals surface area contributed by atoms with Gasteiger partial charge >= 0.3 is 0 Å². The SMILES string of the molecule is Cc1ccccc1OCCn1cc([N+](=O)[O-])cc(C#N)c1=O. The summed E-state index contributed by atoms with van der Waals surface area (Å²) >= 11 is 0. The molecule has 0 bridgehead atoms. The monoisotopic (exact) mass is 299 g/mol. The van der Waals surface area contributed by atoms with Gasteiger partial charge in [0.25, 0.3) is 11.2 Å². The van der Waals surface area contributed by atoms with E-state index in [1.54, 1.807) is 12.1 Å². The highest BCUT2D eigenvalue weighted by Crippen LogP contribution is 2.16. The molecule has 0 radical (unpaired) electrons. The minimum absolute atomic E-state index is 0.115. The number of ether oxygens (including phenoxy) is 1. The summed E-state index contributed by atoms with van der Waals surface area (Å²) in [7, 11) is 0. The van der Waals surface area contributed by atoms with E-state index in [4.69, 9.17) is 10.00 Å². The minimum atomic E-state index is -0.640. The molecule has 0 aliphatic rings. The molecule has 0 fully saturated rings. The van der Waals surface area contributed by atoms with Gasteiger partial charge in [0.2, 0.25) is 0 Å². The van der Waals surface area contributed by atoms with E-state index in [1.165, 1.54) is 0 Å². The molecule has 0 aliphatic heterocycles. The van der Waals surface area contributed by atoms with Crippen LogP contribution in [-0.4, -0.2) is 16.1 Å². The summed E-state index contributed by atoms with van der Waals surface area (Å²) in [5, 5.41) is 19.7. The summed E-state index contributed by atoms with van der Waals surface area (Å²) in [4.78, 5) is 22.1. The Labute approximate surface area is 126 Å². The standard InChI is InChI=1S/C15H13N3O4/c1-11-4-2-3-5-14(11)22-7-6-17-10-13(18(20)21)8-12(9-16)15(17)19/h2-5,8,10H,6-7H2,1H3. The second-order valence-corrected chi connectivity index (χ2v) is 4.59. The van der Waals surface area contributed by atoms with Crippen molar-refractivity contribution in [2.45, 2.75) is 13.5 Å². The average Bonchev–Trinajstić information content (AvgIpc) is 2.50. The number of rotatable bonds is 5. The fourth-order valence-electron chi connectivity index (χ4n) is 1.94. The van der Waals surface area contributed by atoms with Gasteiger partial charge in [0, 0.05) is 6.07 Å². The van der Waals surface area contributed by atoms with Crippen molar-refractivity contribution in [3.63, 3.8) is 0 Å². The Morgan fingerprint density at radius 1 is 1.41 bits per heavy atom. The highest BCUT2D eigenvalue weighted by atomic mass is 16.6. The summed E-state index contributed by atoms with van der Waals surface area (Å²) in [5.74, 6) is 0.682. The molecule has 0 spiro atoms. The highest BCUT2D eigenvalue weighted by Gasteiger charge is 2.13. The summed E-state index contributed by atoms with van der Waals surface area (Å²) in [6.45, 7) is 2.17. The molecule has 7 nitrogen and oxygen atoms in total. The quantitative estimate of drug-likeness (QED) is 0.621. The van der Waals surface area contributed by atoms with E-state index in [9.17, 15) is 14.9 Å². The van der Waals surface area contributed by atoms with Crippen molar-refractivity contribution in [2.75, 3.05) is 6.61 Å². The lowest BCUT2D eigenvalue weighted by Crippen LogP contribution is -2.25. The van der Waals surface area contributed by atoms with Gasteiger partial charge in [-0.2, -0.15) is 5.26 Å². The third-order valence-corrected chi connectivity index (χ3v) is 3.09. The van der Waals surface area contributed by atoms with Crippen LogP contribution in [0.1, 0.15) is 11.1 Å². The third-order valence-electron chi connectivity index (χ3n) is 3.09. The highest BCUT2D eigenvalue weighted by molar-refractivity contribution is 5.37. The molecule has 1 aromatic heterocycles. The second kappa shape index (κ2) is 6.54. The lowest BCUT2D eigenvalue weighted by atomic mass is 10.2. The maximum absolute atomic E-state index is 11.9. The van der Waals surface area contributed by atoms with Gasteiger partial charge in [-0.15, -0.1) is 0 Å². The molecule has 112 valence electrons. The molecule has 0 amide bonds. The molecule has 2 aromatic rings. The van der Waals surface area contributed by atoms with Crippen molar-refractivity contribution in [2.24, 2.45) is 0 Å². The summed E-state index contributed by atoms with van der Waals surface area (Å²) in [6.07, 6.45) is 1.12. The Hall–Kier alpha value is -3.14. The second-order valence-electron chi connectivity index (χ2n) is 4.59. The van der Waals surface area contributed by atoms with E-state index < -0.39 is 10.5 Å². The molecule has 1 heterocycles. The average molecular weight is 299 g/mol. The number of nitrogens with zero attached hydrogens (tertiary/aromatic N) is 3. The first-order chi connectivity index (χ1) is 10.5. The number of aromatic nitrogens is 1. The fraction of sp³-hybridized carbons (Fsp3) is 0.200. The van der Waals surface area contributed by atoms with Crippen LogP contribution in [0.5, 0.6) is 5.75 Å². The zero-order chi connectivity index (χ0) is 16.1. The van der Waals surface area contributed by atoms with Crippen LogP contribution in [0, 0.1) is 28.4 Å². The summed E-state index contributed by atoms with van der Waals surface area (Å²) in [6, 6.07) is 10.0. The molecule has 0 saturated carbocycles. The van der Waals surface area contributed by atoms with Crippen molar-refractivity contribution in [3.05, 3.63) is 68.1 Å². The van der Waals surface area contributed by atoms with E-state index in [0.29, 0.717) is 5.75 Å². The number of pyridine rings is 1. The van der Waals surface area contributed by atoms with E-state index in [-0.39, 0.29) is 24.4 Å². The first-order valence-corrected chi connectivity index (χ1v) is 6.50. The van der Waals surface area contributed by atoms with Crippen molar-refractivity contribution < 1.29 is 9.66 Å². The van der Waals surface area contributed by atoms with Crippen LogP contribution in [0.2, 0.25) is 0 Å². The Balaban J connectivity index is 2.18.